The second-order valence-corrected chi connectivity index (χ2v) is 7.14. The maximum Gasteiger partial charge on any atom is 0.228 e. The van der Waals surface area contributed by atoms with Gasteiger partial charge in [0.25, 0.3) is 0 Å². The Balaban J connectivity index is 1.35. The molecule has 1 aromatic heterocycles. The van der Waals surface area contributed by atoms with E-state index in [1.807, 2.05) is 54.6 Å². The minimum Gasteiger partial charge on any atom is -0.496 e. The van der Waals surface area contributed by atoms with E-state index < -0.39 is 0 Å². The van der Waals surface area contributed by atoms with E-state index >= 15 is 0 Å². The first kappa shape index (κ1) is 20.6. The van der Waals surface area contributed by atoms with Crippen LogP contribution in [0.3, 0.4) is 0 Å². The Morgan fingerprint density at radius 3 is 2.61 bits per heavy atom. The summed E-state index contributed by atoms with van der Waals surface area (Å²) < 4.78 is 10.7. The number of anilines is 4. The van der Waals surface area contributed by atoms with Crippen molar-refractivity contribution in [1.82, 2.24) is 10.2 Å². The smallest absolute Gasteiger partial charge is 0.228 e. The van der Waals surface area contributed by atoms with Gasteiger partial charge in [0.15, 0.2) is 5.82 Å². The summed E-state index contributed by atoms with van der Waals surface area (Å²) in [4.78, 5) is 14.6. The summed E-state index contributed by atoms with van der Waals surface area (Å²) in [5, 5.41) is 14.4. The Hall–Kier alpha value is -3.65. The molecule has 2 heterocycles. The van der Waals surface area contributed by atoms with Crippen molar-refractivity contribution in [3.05, 3.63) is 66.4 Å². The zero-order valence-electron chi connectivity index (χ0n) is 17.4. The molecule has 2 aromatic carbocycles. The lowest BCUT2D eigenvalue weighted by atomic mass is 10.1. The molecule has 0 spiro atoms. The van der Waals surface area contributed by atoms with Gasteiger partial charge in [-0.15, -0.1) is 5.10 Å². The molecule has 8 heteroatoms. The molecule has 1 amide bonds. The number of carbonyl (C=O) groups excluding carboxylic acids is 1. The van der Waals surface area contributed by atoms with Crippen LogP contribution < -0.4 is 20.3 Å². The second-order valence-electron chi connectivity index (χ2n) is 7.14. The molecule has 8 nitrogen and oxygen atoms in total. The Labute approximate surface area is 181 Å². The molecule has 1 aliphatic rings. The maximum absolute atomic E-state index is 12.4. The zero-order valence-corrected chi connectivity index (χ0v) is 17.4. The van der Waals surface area contributed by atoms with Gasteiger partial charge in [-0.2, -0.15) is 5.10 Å². The fourth-order valence-corrected chi connectivity index (χ4v) is 3.42. The summed E-state index contributed by atoms with van der Waals surface area (Å²) in [6, 6.07) is 17.0. The van der Waals surface area contributed by atoms with Gasteiger partial charge in [0.2, 0.25) is 5.91 Å². The molecule has 0 aliphatic carbocycles. The van der Waals surface area contributed by atoms with Crippen LogP contribution in [0, 0.1) is 0 Å². The van der Waals surface area contributed by atoms with Crippen molar-refractivity contribution in [3.8, 4) is 5.75 Å². The summed E-state index contributed by atoms with van der Waals surface area (Å²) in [6.07, 6.45) is 2.00. The molecule has 0 radical (unpaired) electrons. The molecule has 3 aromatic rings. The number of benzene rings is 2. The van der Waals surface area contributed by atoms with E-state index in [9.17, 15) is 4.79 Å². The number of amides is 1. The minimum atomic E-state index is -0.103. The average Bonchev–Trinajstić information content (AvgIpc) is 2.81. The lowest BCUT2D eigenvalue weighted by Crippen LogP contribution is -2.36. The van der Waals surface area contributed by atoms with Crippen LogP contribution in [0.25, 0.3) is 0 Å². The number of methoxy groups -OCH3 is 1. The van der Waals surface area contributed by atoms with Crippen molar-refractivity contribution in [2.75, 3.05) is 48.9 Å². The van der Waals surface area contributed by atoms with E-state index in [-0.39, 0.29) is 12.3 Å². The zero-order chi connectivity index (χ0) is 21.5. The van der Waals surface area contributed by atoms with E-state index in [0.29, 0.717) is 11.6 Å². The molecule has 0 unspecified atom stereocenters. The van der Waals surface area contributed by atoms with Gasteiger partial charge >= 0.3 is 0 Å². The lowest BCUT2D eigenvalue weighted by Gasteiger charge is -2.28. The van der Waals surface area contributed by atoms with Gasteiger partial charge in [-0.05, 0) is 30.3 Å². The van der Waals surface area contributed by atoms with Crippen LogP contribution in [0.1, 0.15) is 5.56 Å². The molecule has 1 aliphatic heterocycles. The van der Waals surface area contributed by atoms with Crippen molar-refractivity contribution >= 4 is 28.8 Å². The summed E-state index contributed by atoms with van der Waals surface area (Å²) in [5.74, 6) is 1.27. The highest BCUT2D eigenvalue weighted by Crippen LogP contribution is 2.22. The number of nitrogens with zero attached hydrogens (tertiary/aromatic N) is 3. The van der Waals surface area contributed by atoms with Crippen LogP contribution in [0.5, 0.6) is 5.75 Å². The number of carbonyl (C=O) groups is 1. The molecule has 160 valence electrons. The fraction of sp³-hybridized carbons (Fsp3) is 0.261. The Morgan fingerprint density at radius 2 is 1.84 bits per heavy atom. The Morgan fingerprint density at radius 1 is 1.10 bits per heavy atom. The monoisotopic (exact) mass is 419 g/mol. The van der Waals surface area contributed by atoms with Crippen molar-refractivity contribution < 1.29 is 14.3 Å². The predicted molar refractivity (Wildman–Crippen MR) is 120 cm³/mol. The van der Waals surface area contributed by atoms with Gasteiger partial charge in [0.1, 0.15) is 5.75 Å². The fourth-order valence-electron chi connectivity index (χ4n) is 3.42. The number of rotatable bonds is 7. The number of morpholine rings is 1. The third kappa shape index (κ3) is 5.49. The van der Waals surface area contributed by atoms with Crippen LogP contribution in [-0.4, -0.2) is 49.5 Å². The number of nitrogens with one attached hydrogen (secondary N) is 2. The molecule has 2 N–H and O–H groups in total. The minimum absolute atomic E-state index is 0.103. The van der Waals surface area contributed by atoms with Gasteiger partial charge in [-0.3, -0.25) is 4.79 Å². The van der Waals surface area contributed by atoms with E-state index in [1.165, 1.54) is 0 Å². The second kappa shape index (κ2) is 9.90. The topological polar surface area (TPSA) is 88.6 Å². The first-order valence-corrected chi connectivity index (χ1v) is 10.2. The van der Waals surface area contributed by atoms with E-state index in [2.05, 4.69) is 25.7 Å². The summed E-state index contributed by atoms with van der Waals surface area (Å²) in [7, 11) is 1.60. The Bertz CT molecular complexity index is 1020. The highest BCUT2D eigenvalue weighted by Gasteiger charge is 2.13. The summed E-state index contributed by atoms with van der Waals surface area (Å²) >= 11 is 0. The van der Waals surface area contributed by atoms with E-state index in [1.54, 1.807) is 13.3 Å². The van der Waals surface area contributed by atoms with Gasteiger partial charge in [-0.1, -0.05) is 18.2 Å². The van der Waals surface area contributed by atoms with Crippen LogP contribution in [-0.2, 0) is 16.0 Å². The average molecular weight is 419 g/mol. The highest BCUT2D eigenvalue weighted by molar-refractivity contribution is 5.92. The largest absolute Gasteiger partial charge is 0.496 e. The number of ether oxygens (including phenoxy) is 2. The van der Waals surface area contributed by atoms with Crippen molar-refractivity contribution in [3.63, 3.8) is 0 Å². The predicted octanol–water partition coefficient (Wildman–Crippen LogP) is 3.25. The molecule has 0 bridgehead atoms. The van der Waals surface area contributed by atoms with Crippen LogP contribution in [0.2, 0.25) is 0 Å². The first-order chi connectivity index (χ1) is 15.2. The van der Waals surface area contributed by atoms with Crippen LogP contribution in [0.15, 0.2) is 60.8 Å². The SMILES string of the molecule is COc1ccccc1CC(=O)Nc1ccc(Nc2cc(N3CCOCC3)cnn2)cc1. The molecule has 1 fully saturated rings. The van der Waals surface area contributed by atoms with Crippen molar-refractivity contribution in [2.45, 2.75) is 6.42 Å². The quantitative estimate of drug-likeness (QED) is 0.608. The molecule has 0 atom stereocenters. The van der Waals surface area contributed by atoms with Gasteiger partial charge in [0.05, 0.1) is 38.6 Å². The number of hydrogen-bond acceptors (Lipinski definition) is 7. The third-order valence-corrected chi connectivity index (χ3v) is 5.00. The third-order valence-electron chi connectivity index (χ3n) is 5.00. The van der Waals surface area contributed by atoms with Gasteiger partial charge < -0.3 is 25.0 Å². The van der Waals surface area contributed by atoms with Crippen molar-refractivity contribution in [1.29, 1.82) is 0 Å². The van der Waals surface area contributed by atoms with Crippen molar-refractivity contribution in [2.24, 2.45) is 0 Å². The van der Waals surface area contributed by atoms with Crippen LogP contribution in [0.4, 0.5) is 22.9 Å². The highest BCUT2D eigenvalue weighted by atomic mass is 16.5. The number of para-hydroxylation sites is 1. The normalized spacial score (nSPS) is 13.5. The van der Waals surface area contributed by atoms with Gasteiger partial charge in [-0.25, -0.2) is 0 Å². The summed E-state index contributed by atoms with van der Waals surface area (Å²) in [5.41, 5.74) is 3.44. The molecule has 31 heavy (non-hydrogen) atoms. The van der Waals surface area contributed by atoms with E-state index in [4.69, 9.17) is 9.47 Å². The molecule has 4 rings (SSSR count). The number of hydrogen-bond donors (Lipinski definition) is 2. The Kier molecular flexibility index (Phi) is 6.59. The number of aromatic nitrogens is 2. The van der Waals surface area contributed by atoms with E-state index in [0.717, 1.165) is 48.9 Å². The maximum atomic E-state index is 12.4. The standard InChI is InChI=1S/C23H25N5O3/c1-30-21-5-3-2-4-17(21)14-23(29)26-19-8-6-18(7-9-19)25-22-15-20(16-24-27-22)28-10-12-31-13-11-28/h2-9,15-16H,10-14H2,1H3,(H,25,27)(H,26,29). The molecular formula is C23H25N5O3. The molecular weight excluding hydrogens is 394 g/mol. The van der Waals surface area contributed by atoms with Crippen LogP contribution >= 0.6 is 0 Å². The first-order valence-electron chi connectivity index (χ1n) is 10.2. The summed E-state index contributed by atoms with van der Waals surface area (Å²) in [6.45, 7) is 3.12. The lowest BCUT2D eigenvalue weighted by molar-refractivity contribution is -0.115. The molecule has 1 saturated heterocycles. The molecule has 0 saturated carbocycles. The van der Waals surface area contributed by atoms with Gasteiger partial charge in [0, 0.05) is 36.1 Å².